The maximum absolute atomic E-state index is 6.46. The van der Waals surface area contributed by atoms with E-state index in [-0.39, 0.29) is 6.04 Å². The minimum absolute atomic E-state index is 0.0627. The van der Waals surface area contributed by atoms with Crippen LogP contribution in [0.25, 0.3) is 33.6 Å². The third-order valence-corrected chi connectivity index (χ3v) is 6.58. The predicted molar refractivity (Wildman–Crippen MR) is 157 cm³/mol. The molecule has 0 aliphatic heterocycles. The van der Waals surface area contributed by atoms with Crippen LogP contribution >= 0.6 is 0 Å². The maximum atomic E-state index is 6.46. The fraction of sp³-hybridized carbons (Fsp3) is 0.188. The molecule has 3 aromatic carbocycles. The van der Waals surface area contributed by atoms with E-state index in [9.17, 15) is 0 Å². The molecule has 0 spiro atoms. The summed E-state index contributed by atoms with van der Waals surface area (Å²) in [6, 6.07) is 28.5. The van der Waals surface area contributed by atoms with Gasteiger partial charge in [-0.05, 0) is 23.3 Å². The molecule has 1 N–H and O–H groups in total. The molecule has 2 heterocycles. The van der Waals surface area contributed by atoms with E-state index in [1.54, 1.807) is 19.5 Å². The largest absolute Gasteiger partial charge is 0.437 e. The smallest absolute Gasteiger partial charge is 0.232 e. The van der Waals surface area contributed by atoms with Crippen molar-refractivity contribution < 1.29 is 13.9 Å². The van der Waals surface area contributed by atoms with Crippen molar-refractivity contribution in [3.63, 3.8) is 0 Å². The normalized spacial score (nSPS) is 11.8. The number of benzene rings is 3. The molecule has 0 bridgehead atoms. The highest BCUT2D eigenvalue weighted by molar-refractivity contribution is 6.06. The summed E-state index contributed by atoms with van der Waals surface area (Å²) >= 11 is 0. The Labute approximate surface area is 228 Å². The lowest BCUT2D eigenvalue weighted by atomic mass is 9.98. The highest BCUT2D eigenvalue weighted by Gasteiger charge is 2.27. The summed E-state index contributed by atoms with van der Waals surface area (Å²) in [7, 11) is 3.75. The van der Waals surface area contributed by atoms with Gasteiger partial charge in [0.2, 0.25) is 5.71 Å². The van der Waals surface area contributed by atoms with Gasteiger partial charge in [-0.25, -0.2) is 9.97 Å². The molecule has 39 heavy (non-hydrogen) atoms. The average Bonchev–Trinajstić information content (AvgIpc) is 3.39. The van der Waals surface area contributed by atoms with E-state index in [4.69, 9.17) is 18.9 Å². The van der Waals surface area contributed by atoms with Gasteiger partial charge in [0.25, 0.3) is 0 Å². The first-order valence-electron chi connectivity index (χ1n) is 12.8. The number of aromatic nitrogens is 2. The highest BCUT2D eigenvalue weighted by Crippen LogP contribution is 2.44. The molecule has 0 radical (unpaired) electrons. The van der Waals surface area contributed by atoms with Gasteiger partial charge in [-0.15, -0.1) is 6.58 Å². The van der Waals surface area contributed by atoms with Crippen molar-refractivity contribution >= 4 is 22.6 Å². The minimum atomic E-state index is -0.0627. The van der Waals surface area contributed by atoms with Crippen molar-refractivity contribution in [2.45, 2.75) is 6.04 Å². The molecular weight excluding hydrogens is 488 g/mol. The molecule has 2 aromatic heterocycles. The number of fused-ring (bicyclic) bond motifs is 1. The topological polar surface area (TPSA) is 72.7 Å². The Morgan fingerprint density at radius 2 is 1.72 bits per heavy atom. The first-order chi connectivity index (χ1) is 19.2. The van der Waals surface area contributed by atoms with Crippen LogP contribution in [0.2, 0.25) is 0 Å². The van der Waals surface area contributed by atoms with Gasteiger partial charge in [0.05, 0.1) is 24.6 Å². The quantitative estimate of drug-likeness (QED) is 0.108. The number of ether oxygens (including phenoxy) is 2. The van der Waals surface area contributed by atoms with Gasteiger partial charge in [-0.2, -0.15) is 0 Å². The van der Waals surface area contributed by atoms with Gasteiger partial charge >= 0.3 is 0 Å². The molecule has 0 saturated heterocycles. The summed E-state index contributed by atoms with van der Waals surface area (Å²) in [6.07, 6.45) is 3.28. The molecule has 5 aromatic rings. The third kappa shape index (κ3) is 5.70. The summed E-state index contributed by atoms with van der Waals surface area (Å²) in [4.78, 5) is 11.5. The average molecular weight is 521 g/mol. The molecule has 1 unspecified atom stereocenters. The Morgan fingerprint density at radius 1 is 0.974 bits per heavy atom. The summed E-state index contributed by atoms with van der Waals surface area (Å²) < 4.78 is 17.6. The molecule has 7 heteroatoms. The number of methoxy groups -OCH3 is 1. The number of hydrogen-bond donors (Lipinski definition) is 1. The Kier molecular flexibility index (Phi) is 8.31. The van der Waals surface area contributed by atoms with E-state index in [2.05, 4.69) is 46.0 Å². The van der Waals surface area contributed by atoms with Crippen LogP contribution in [-0.4, -0.2) is 44.1 Å². The lowest BCUT2D eigenvalue weighted by Gasteiger charge is -2.29. The Bertz CT molecular complexity index is 1520. The number of hydrogen-bond acceptors (Lipinski definition) is 7. The van der Waals surface area contributed by atoms with E-state index in [1.165, 1.54) is 0 Å². The monoisotopic (exact) mass is 520 g/mol. The van der Waals surface area contributed by atoms with Crippen molar-refractivity contribution in [2.75, 3.05) is 44.3 Å². The Morgan fingerprint density at radius 3 is 2.46 bits per heavy atom. The van der Waals surface area contributed by atoms with Gasteiger partial charge in [0.15, 0.2) is 0 Å². The number of nitrogens with zero attached hydrogens (tertiary/aromatic N) is 3. The van der Waals surface area contributed by atoms with Crippen LogP contribution in [0.1, 0.15) is 11.6 Å². The second-order valence-corrected chi connectivity index (χ2v) is 9.10. The van der Waals surface area contributed by atoms with Gasteiger partial charge in [0, 0.05) is 31.0 Å². The van der Waals surface area contributed by atoms with E-state index < -0.39 is 0 Å². The zero-order chi connectivity index (χ0) is 27.0. The molecule has 0 saturated carbocycles. The van der Waals surface area contributed by atoms with Crippen molar-refractivity contribution in [2.24, 2.45) is 0 Å². The van der Waals surface area contributed by atoms with Gasteiger partial charge in [-0.1, -0.05) is 78.9 Å². The number of likely N-dealkylation sites (N-methyl/N-ethyl adjacent to an activating group) is 1. The summed E-state index contributed by atoms with van der Waals surface area (Å²) in [5.74, 6) is 1.50. The lowest BCUT2D eigenvalue weighted by molar-refractivity contribution is 0.178. The van der Waals surface area contributed by atoms with Crippen LogP contribution < -0.4 is 10.2 Å². The number of furan rings is 1. The summed E-state index contributed by atoms with van der Waals surface area (Å²) in [5, 5.41) is 4.17. The van der Waals surface area contributed by atoms with Crippen molar-refractivity contribution in [3.8, 4) is 22.5 Å². The standard InChI is InChI=1S/C32H32N4O3/c1-4-18-38-22-35-26-17-11-16-25(19-26)28-29-31(36(2)27(20-37-3)23-12-7-5-8-13-23)33-21-34-32(29)39-30(28)24-14-9-6-10-15-24/h4-17,19,21,27,35H,1,18,20,22H2,2-3H3. The number of anilines is 2. The minimum Gasteiger partial charge on any atom is -0.437 e. The van der Waals surface area contributed by atoms with Crippen LogP contribution in [0, 0.1) is 0 Å². The van der Waals surface area contributed by atoms with Crippen LogP contribution in [0.15, 0.2) is 108 Å². The van der Waals surface area contributed by atoms with Crippen LogP contribution in [0.5, 0.6) is 0 Å². The molecule has 0 fully saturated rings. The summed E-state index contributed by atoms with van der Waals surface area (Å²) in [6.45, 7) is 5.05. The molecule has 5 rings (SSSR count). The molecular formula is C32H32N4O3. The van der Waals surface area contributed by atoms with Crippen LogP contribution in [0.4, 0.5) is 11.5 Å². The molecule has 0 aliphatic carbocycles. The predicted octanol–water partition coefficient (Wildman–Crippen LogP) is 6.95. The van der Waals surface area contributed by atoms with E-state index in [0.29, 0.717) is 25.7 Å². The van der Waals surface area contributed by atoms with Gasteiger partial charge in [0.1, 0.15) is 24.6 Å². The number of nitrogens with one attached hydrogen (secondary N) is 1. The lowest BCUT2D eigenvalue weighted by Crippen LogP contribution is -2.28. The first-order valence-corrected chi connectivity index (χ1v) is 12.8. The molecule has 1 atom stereocenters. The molecule has 198 valence electrons. The summed E-state index contributed by atoms with van der Waals surface area (Å²) in [5.41, 5.74) is 5.46. The SMILES string of the molecule is C=CCOCNc1cccc(-c2c(-c3ccccc3)oc3ncnc(N(C)C(COC)c4ccccc4)c23)c1. The number of rotatable bonds is 12. The van der Waals surface area contributed by atoms with Crippen LogP contribution in [-0.2, 0) is 9.47 Å². The van der Waals surface area contributed by atoms with E-state index in [0.717, 1.165) is 44.9 Å². The third-order valence-electron chi connectivity index (χ3n) is 6.58. The zero-order valence-corrected chi connectivity index (χ0v) is 22.2. The van der Waals surface area contributed by atoms with Gasteiger partial charge in [-0.3, -0.25) is 0 Å². The fourth-order valence-corrected chi connectivity index (χ4v) is 4.73. The fourth-order valence-electron chi connectivity index (χ4n) is 4.73. The molecule has 0 aliphatic rings. The van der Waals surface area contributed by atoms with Crippen LogP contribution in [0.3, 0.4) is 0 Å². The van der Waals surface area contributed by atoms with Crippen molar-refractivity contribution in [1.82, 2.24) is 9.97 Å². The van der Waals surface area contributed by atoms with Crippen molar-refractivity contribution in [1.29, 1.82) is 0 Å². The molecule has 0 amide bonds. The van der Waals surface area contributed by atoms with Gasteiger partial charge < -0.3 is 24.1 Å². The molecule has 7 nitrogen and oxygen atoms in total. The maximum Gasteiger partial charge on any atom is 0.232 e. The Hall–Kier alpha value is -4.46. The first kappa shape index (κ1) is 26.2. The van der Waals surface area contributed by atoms with E-state index >= 15 is 0 Å². The second-order valence-electron chi connectivity index (χ2n) is 9.10. The zero-order valence-electron chi connectivity index (χ0n) is 22.2. The highest BCUT2D eigenvalue weighted by atomic mass is 16.5. The van der Waals surface area contributed by atoms with Crippen molar-refractivity contribution in [3.05, 3.63) is 109 Å². The second kappa shape index (κ2) is 12.4. The van der Waals surface area contributed by atoms with E-state index in [1.807, 2.05) is 67.7 Å². The Balaban J connectivity index is 1.67.